The quantitative estimate of drug-likeness (QED) is 0.809. The molecule has 3 nitrogen and oxygen atoms in total. The maximum Gasteiger partial charge on any atom is 0.235 e. The zero-order chi connectivity index (χ0) is 15.5. The van der Waals surface area contributed by atoms with E-state index in [2.05, 4.69) is 49.3 Å². The first kappa shape index (κ1) is 13.5. The summed E-state index contributed by atoms with van der Waals surface area (Å²) >= 11 is 0. The molecule has 3 heteroatoms. The van der Waals surface area contributed by atoms with Crippen LogP contribution in [0, 0.1) is 0 Å². The topological polar surface area (TPSA) is 42.0 Å². The molecule has 22 heavy (non-hydrogen) atoms. The van der Waals surface area contributed by atoms with E-state index in [1.807, 2.05) is 12.3 Å². The summed E-state index contributed by atoms with van der Waals surface area (Å²) in [6.45, 7) is 6.67. The zero-order valence-corrected chi connectivity index (χ0v) is 13.2. The molecule has 1 N–H and O–H groups in total. The molecule has 1 spiro atoms. The number of pyridine rings is 1. The highest BCUT2D eigenvalue weighted by Gasteiger charge is 2.50. The Kier molecular flexibility index (Phi) is 2.57. The van der Waals surface area contributed by atoms with Gasteiger partial charge >= 0.3 is 0 Å². The average Bonchev–Trinajstić information content (AvgIpc) is 2.97. The van der Waals surface area contributed by atoms with E-state index in [4.69, 9.17) is 0 Å². The summed E-state index contributed by atoms with van der Waals surface area (Å²) in [5.41, 5.74) is 5.56. The molecule has 1 aliphatic carbocycles. The van der Waals surface area contributed by atoms with Crippen LogP contribution >= 0.6 is 0 Å². The number of carbonyl (C=O) groups excluding carboxylic acids is 1. The van der Waals surface area contributed by atoms with Gasteiger partial charge in [-0.1, -0.05) is 39.0 Å². The number of fused-ring (bicyclic) bond motifs is 3. The smallest absolute Gasteiger partial charge is 0.235 e. The van der Waals surface area contributed by atoms with E-state index in [-0.39, 0.29) is 11.3 Å². The number of hydrogen-bond donors (Lipinski definition) is 1. The van der Waals surface area contributed by atoms with E-state index < -0.39 is 5.41 Å². The van der Waals surface area contributed by atoms with Crippen LogP contribution in [0.15, 0.2) is 36.7 Å². The first-order chi connectivity index (χ1) is 10.4. The maximum atomic E-state index is 12.7. The Balaban J connectivity index is 1.81. The molecule has 0 radical (unpaired) electrons. The summed E-state index contributed by atoms with van der Waals surface area (Å²) in [7, 11) is 0. The van der Waals surface area contributed by atoms with Crippen LogP contribution in [0.4, 0.5) is 5.69 Å². The predicted molar refractivity (Wildman–Crippen MR) is 87.1 cm³/mol. The number of nitrogens with one attached hydrogen (secondary N) is 1. The molecule has 0 fully saturated rings. The molecule has 1 unspecified atom stereocenters. The van der Waals surface area contributed by atoms with Crippen LogP contribution in [0.5, 0.6) is 0 Å². The fourth-order valence-corrected chi connectivity index (χ4v) is 3.74. The van der Waals surface area contributed by atoms with Crippen LogP contribution in [-0.2, 0) is 28.5 Å². The lowest BCUT2D eigenvalue weighted by atomic mass is 9.79. The first-order valence-corrected chi connectivity index (χ1v) is 7.78. The SMILES string of the molecule is CC(C)(C)c1ccc2c(c1)CC1(C2)C(=O)Nc2ccncc21. The molecule has 2 heterocycles. The van der Waals surface area contributed by atoms with E-state index in [9.17, 15) is 4.79 Å². The number of anilines is 1. The van der Waals surface area contributed by atoms with Gasteiger partial charge in [-0.2, -0.15) is 0 Å². The second kappa shape index (κ2) is 4.19. The number of carbonyl (C=O) groups is 1. The van der Waals surface area contributed by atoms with E-state index in [1.165, 1.54) is 16.7 Å². The van der Waals surface area contributed by atoms with Crippen molar-refractivity contribution in [3.05, 3.63) is 58.9 Å². The van der Waals surface area contributed by atoms with Crippen LogP contribution in [0.2, 0.25) is 0 Å². The molecular weight excluding hydrogens is 272 g/mol. The molecule has 0 saturated carbocycles. The normalized spacial score (nSPS) is 22.6. The number of aromatic nitrogens is 1. The van der Waals surface area contributed by atoms with Gasteiger partial charge < -0.3 is 5.32 Å². The Morgan fingerprint density at radius 1 is 1.14 bits per heavy atom. The molecule has 0 bridgehead atoms. The van der Waals surface area contributed by atoms with Crippen LogP contribution in [-0.4, -0.2) is 10.9 Å². The minimum Gasteiger partial charge on any atom is -0.325 e. The van der Waals surface area contributed by atoms with Crippen LogP contribution in [0.3, 0.4) is 0 Å². The predicted octanol–water partition coefficient (Wildman–Crippen LogP) is 3.37. The highest BCUT2D eigenvalue weighted by atomic mass is 16.2. The Morgan fingerprint density at radius 2 is 1.91 bits per heavy atom. The lowest BCUT2D eigenvalue weighted by Gasteiger charge is -2.20. The lowest BCUT2D eigenvalue weighted by molar-refractivity contribution is -0.120. The average molecular weight is 292 g/mol. The summed E-state index contributed by atoms with van der Waals surface area (Å²) in [5.74, 6) is 0.115. The van der Waals surface area contributed by atoms with Gasteiger partial charge in [0.05, 0.1) is 5.41 Å². The number of hydrogen-bond acceptors (Lipinski definition) is 2. The summed E-state index contributed by atoms with van der Waals surface area (Å²) in [6, 6.07) is 8.58. The lowest BCUT2D eigenvalue weighted by Crippen LogP contribution is -2.35. The minimum atomic E-state index is -0.456. The fourth-order valence-electron chi connectivity index (χ4n) is 3.74. The third-order valence-corrected chi connectivity index (χ3v) is 5.08. The number of benzene rings is 1. The molecule has 1 aliphatic heterocycles. The molecule has 0 saturated heterocycles. The van der Waals surface area contributed by atoms with Gasteiger partial charge in [-0.05, 0) is 41.0 Å². The van der Waals surface area contributed by atoms with Gasteiger partial charge in [0.1, 0.15) is 0 Å². The van der Waals surface area contributed by atoms with Crippen molar-refractivity contribution < 1.29 is 4.79 Å². The van der Waals surface area contributed by atoms with Gasteiger partial charge in [0.15, 0.2) is 0 Å². The Hall–Kier alpha value is -2.16. The van der Waals surface area contributed by atoms with Crippen molar-refractivity contribution in [3.8, 4) is 0 Å². The Morgan fingerprint density at radius 3 is 2.68 bits per heavy atom. The molecule has 4 rings (SSSR count). The van der Waals surface area contributed by atoms with Crippen LogP contribution in [0.25, 0.3) is 0 Å². The third kappa shape index (κ3) is 1.75. The number of amides is 1. The molecule has 2 aromatic rings. The second-order valence-corrected chi connectivity index (χ2v) is 7.54. The van der Waals surface area contributed by atoms with E-state index in [0.29, 0.717) is 0 Å². The number of nitrogens with zero attached hydrogens (tertiary/aromatic N) is 1. The second-order valence-electron chi connectivity index (χ2n) is 7.54. The largest absolute Gasteiger partial charge is 0.325 e. The molecule has 1 amide bonds. The summed E-state index contributed by atoms with van der Waals surface area (Å²) in [4.78, 5) is 16.9. The van der Waals surface area contributed by atoms with Crippen molar-refractivity contribution in [3.63, 3.8) is 0 Å². The monoisotopic (exact) mass is 292 g/mol. The van der Waals surface area contributed by atoms with Gasteiger partial charge in [0.2, 0.25) is 5.91 Å². The fraction of sp³-hybridized carbons (Fsp3) is 0.368. The number of rotatable bonds is 0. The molecule has 1 aromatic heterocycles. The van der Waals surface area contributed by atoms with E-state index in [1.54, 1.807) is 6.20 Å². The summed E-state index contributed by atoms with van der Waals surface area (Å²) < 4.78 is 0. The van der Waals surface area contributed by atoms with Crippen molar-refractivity contribution in [1.29, 1.82) is 0 Å². The van der Waals surface area contributed by atoms with Crippen molar-refractivity contribution in [2.75, 3.05) is 5.32 Å². The highest BCUT2D eigenvalue weighted by Crippen LogP contribution is 2.47. The molecule has 112 valence electrons. The maximum absolute atomic E-state index is 12.7. The highest BCUT2D eigenvalue weighted by molar-refractivity contribution is 6.07. The molecular formula is C19H20N2O. The summed E-state index contributed by atoms with van der Waals surface area (Å²) in [6.07, 6.45) is 5.13. The van der Waals surface area contributed by atoms with Crippen molar-refractivity contribution in [2.24, 2.45) is 0 Å². The van der Waals surface area contributed by atoms with Crippen molar-refractivity contribution >= 4 is 11.6 Å². The van der Waals surface area contributed by atoms with Gasteiger partial charge in [0, 0.05) is 23.6 Å². The molecule has 2 aliphatic rings. The standard InChI is InChI=1S/C19H20N2O/c1-18(2,3)14-5-4-12-9-19(10-13(12)8-14)15-11-20-7-6-16(15)21-17(19)22/h4-8,11H,9-10H2,1-3H3,(H,21,22). The van der Waals surface area contributed by atoms with Gasteiger partial charge in [-0.25, -0.2) is 0 Å². The molecule has 1 aromatic carbocycles. The van der Waals surface area contributed by atoms with E-state index in [0.717, 1.165) is 24.1 Å². The van der Waals surface area contributed by atoms with Gasteiger partial charge in [-0.15, -0.1) is 0 Å². The minimum absolute atomic E-state index is 0.115. The van der Waals surface area contributed by atoms with Crippen molar-refractivity contribution in [1.82, 2.24) is 4.98 Å². The zero-order valence-electron chi connectivity index (χ0n) is 13.2. The molecule has 1 atom stereocenters. The third-order valence-electron chi connectivity index (χ3n) is 5.08. The Bertz CT molecular complexity index is 788. The summed E-state index contributed by atoms with van der Waals surface area (Å²) in [5, 5.41) is 3.03. The van der Waals surface area contributed by atoms with Gasteiger partial charge in [0.25, 0.3) is 0 Å². The van der Waals surface area contributed by atoms with Crippen LogP contribution < -0.4 is 5.32 Å². The Labute approximate surface area is 130 Å². The first-order valence-electron chi connectivity index (χ1n) is 7.78. The van der Waals surface area contributed by atoms with Crippen molar-refractivity contribution in [2.45, 2.75) is 44.4 Å². The van der Waals surface area contributed by atoms with E-state index >= 15 is 0 Å². The van der Waals surface area contributed by atoms with Gasteiger partial charge in [-0.3, -0.25) is 9.78 Å². The van der Waals surface area contributed by atoms with Crippen LogP contribution in [0.1, 0.15) is 43.0 Å².